The number of rotatable bonds is 4. The van der Waals surface area contributed by atoms with Gasteiger partial charge >= 0.3 is 0 Å². The molecule has 1 aromatic heterocycles. The molecule has 0 aliphatic carbocycles. The largest absolute Gasteiger partial charge is 0.496 e. The highest BCUT2D eigenvalue weighted by Crippen LogP contribution is 2.26. The Bertz CT molecular complexity index is 846. The SMILES string of the molecule is COc1ccc([N+](=O)[O-])cc1CN1CCc2c(nc(C)[nH]c2=O)C1. The molecule has 1 aromatic carbocycles. The topological polar surface area (TPSA) is 101 Å². The molecule has 0 saturated heterocycles. The van der Waals surface area contributed by atoms with E-state index >= 15 is 0 Å². The van der Waals surface area contributed by atoms with Crippen molar-refractivity contribution in [2.24, 2.45) is 0 Å². The molecule has 8 heteroatoms. The van der Waals surface area contributed by atoms with E-state index in [-0.39, 0.29) is 11.2 Å². The number of hydrogen-bond acceptors (Lipinski definition) is 6. The van der Waals surface area contributed by atoms with Crippen LogP contribution < -0.4 is 10.3 Å². The van der Waals surface area contributed by atoms with E-state index < -0.39 is 4.92 Å². The van der Waals surface area contributed by atoms with Gasteiger partial charge in [-0.2, -0.15) is 0 Å². The fraction of sp³-hybridized carbons (Fsp3) is 0.375. The first-order chi connectivity index (χ1) is 11.5. The summed E-state index contributed by atoms with van der Waals surface area (Å²) in [7, 11) is 1.54. The summed E-state index contributed by atoms with van der Waals surface area (Å²) in [4.78, 5) is 31.8. The summed E-state index contributed by atoms with van der Waals surface area (Å²) in [5.41, 5.74) is 2.20. The second kappa shape index (κ2) is 6.40. The van der Waals surface area contributed by atoms with E-state index in [9.17, 15) is 14.9 Å². The van der Waals surface area contributed by atoms with Gasteiger partial charge in [-0.15, -0.1) is 0 Å². The number of nitrogens with one attached hydrogen (secondary N) is 1. The van der Waals surface area contributed by atoms with Crippen LogP contribution in [0, 0.1) is 17.0 Å². The van der Waals surface area contributed by atoms with Gasteiger partial charge in [0.1, 0.15) is 11.6 Å². The van der Waals surface area contributed by atoms with Crippen molar-refractivity contribution in [3.05, 3.63) is 61.3 Å². The van der Waals surface area contributed by atoms with E-state index in [2.05, 4.69) is 14.9 Å². The molecule has 0 amide bonds. The van der Waals surface area contributed by atoms with Crippen LogP contribution in [-0.2, 0) is 19.5 Å². The molecule has 0 unspecified atom stereocenters. The van der Waals surface area contributed by atoms with Crippen LogP contribution >= 0.6 is 0 Å². The van der Waals surface area contributed by atoms with Gasteiger partial charge in [0.05, 0.1) is 17.7 Å². The Morgan fingerprint density at radius 3 is 2.96 bits per heavy atom. The van der Waals surface area contributed by atoms with Crippen LogP contribution in [0.3, 0.4) is 0 Å². The summed E-state index contributed by atoms with van der Waals surface area (Å²) in [5.74, 6) is 1.20. The first-order valence-electron chi connectivity index (χ1n) is 7.60. The molecule has 1 N–H and O–H groups in total. The molecule has 1 aliphatic rings. The second-order valence-corrected chi connectivity index (χ2v) is 5.79. The summed E-state index contributed by atoms with van der Waals surface area (Å²) in [6.45, 7) is 3.47. The molecule has 0 bridgehead atoms. The van der Waals surface area contributed by atoms with Gasteiger partial charge in [-0.1, -0.05) is 0 Å². The Morgan fingerprint density at radius 1 is 1.46 bits per heavy atom. The standard InChI is InChI=1S/C16H18N4O4/c1-10-17-14-9-19(6-5-13(14)16(21)18-10)8-11-7-12(20(22)23)3-4-15(11)24-2/h3-4,7H,5-6,8-9H2,1-2H3,(H,17,18,21). The number of non-ortho nitro benzene ring substituents is 1. The number of H-pyrrole nitrogens is 1. The van der Waals surface area contributed by atoms with Crippen molar-refractivity contribution in [1.82, 2.24) is 14.9 Å². The first kappa shape index (κ1) is 16.1. The number of aryl methyl sites for hydroxylation is 1. The van der Waals surface area contributed by atoms with Gasteiger partial charge in [0.25, 0.3) is 11.2 Å². The quantitative estimate of drug-likeness (QED) is 0.674. The maximum absolute atomic E-state index is 12.0. The lowest BCUT2D eigenvalue weighted by Crippen LogP contribution is -2.35. The van der Waals surface area contributed by atoms with Crippen LogP contribution in [0.1, 0.15) is 22.6 Å². The molecule has 24 heavy (non-hydrogen) atoms. The fourth-order valence-electron chi connectivity index (χ4n) is 3.00. The minimum Gasteiger partial charge on any atom is -0.496 e. The number of ether oxygens (including phenoxy) is 1. The van der Waals surface area contributed by atoms with Crippen LogP contribution in [0.15, 0.2) is 23.0 Å². The highest BCUT2D eigenvalue weighted by atomic mass is 16.6. The van der Waals surface area contributed by atoms with E-state index in [0.717, 1.165) is 16.8 Å². The molecule has 2 heterocycles. The monoisotopic (exact) mass is 330 g/mol. The van der Waals surface area contributed by atoms with E-state index in [1.165, 1.54) is 12.1 Å². The molecule has 126 valence electrons. The Labute approximate surface area is 138 Å². The van der Waals surface area contributed by atoms with Gasteiger partial charge in [-0.25, -0.2) is 4.98 Å². The van der Waals surface area contributed by atoms with Gasteiger partial charge in [0, 0.05) is 42.9 Å². The molecule has 1 aliphatic heterocycles. The van der Waals surface area contributed by atoms with Crippen molar-refractivity contribution in [3.63, 3.8) is 0 Å². The minimum atomic E-state index is -0.418. The van der Waals surface area contributed by atoms with Gasteiger partial charge < -0.3 is 9.72 Å². The fourth-order valence-corrected chi connectivity index (χ4v) is 3.00. The maximum Gasteiger partial charge on any atom is 0.270 e. The molecule has 0 atom stereocenters. The minimum absolute atomic E-state index is 0.0358. The number of hydrogen-bond donors (Lipinski definition) is 1. The average molecular weight is 330 g/mol. The molecular weight excluding hydrogens is 312 g/mol. The normalized spacial score (nSPS) is 14.2. The molecule has 8 nitrogen and oxygen atoms in total. The Morgan fingerprint density at radius 2 is 2.25 bits per heavy atom. The second-order valence-electron chi connectivity index (χ2n) is 5.79. The molecule has 3 rings (SSSR count). The lowest BCUT2D eigenvalue weighted by Gasteiger charge is -2.28. The lowest BCUT2D eigenvalue weighted by atomic mass is 10.0. The average Bonchev–Trinajstić information content (AvgIpc) is 2.54. The summed E-state index contributed by atoms with van der Waals surface area (Å²) in [6, 6.07) is 4.57. The number of fused-ring (bicyclic) bond motifs is 1. The van der Waals surface area contributed by atoms with Crippen LogP contribution in [0.2, 0.25) is 0 Å². The number of nitro groups is 1. The van der Waals surface area contributed by atoms with E-state index in [1.54, 1.807) is 20.1 Å². The predicted octanol–water partition coefficient (Wildman–Crippen LogP) is 1.55. The third-order valence-electron chi connectivity index (χ3n) is 4.14. The van der Waals surface area contributed by atoms with E-state index in [4.69, 9.17) is 4.74 Å². The molecule has 2 aromatic rings. The van der Waals surface area contributed by atoms with Crippen LogP contribution in [-0.4, -0.2) is 33.4 Å². The van der Waals surface area contributed by atoms with Crippen molar-refractivity contribution >= 4 is 5.69 Å². The number of aromatic nitrogens is 2. The Kier molecular flexibility index (Phi) is 4.30. The summed E-state index contributed by atoms with van der Waals surface area (Å²) in [5, 5.41) is 11.0. The summed E-state index contributed by atoms with van der Waals surface area (Å²) >= 11 is 0. The summed E-state index contributed by atoms with van der Waals surface area (Å²) < 4.78 is 5.31. The highest BCUT2D eigenvalue weighted by molar-refractivity contribution is 5.43. The van der Waals surface area contributed by atoms with Crippen molar-refractivity contribution in [1.29, 1.82) is 0 Å². The van der Waals surface area contributed by atoms with Crippen molar-refractivity contribution in [3.8, 4) is 5.75 Å². The number of nitro benzene ring substituents is 1. The number of aromatic amines is 1. The summed E-state index contributed by atoms with van der Waals surface area (Å²) in [6.07, 6.45) is 0.606. The van der Waals surface area contributed by atoms with E-state index in [1.807, 2.05) is 0 Å². The molecule has 0 fully saturated rings. The predicted molar refractivity (Wildman–Crippen MR) is 87.1 cm³/mol. The third kappa shape index (κ3) is 3.13. The molecule has 0 saturated carbocycles. The van der Waals surface area contributed by atoms with Crippen LogP contribution in [0.4, 0.5) is 5.69 Å². The van der Waals surface area contributed by atoms with Crippen LogP contribution in [0.5, 0.6) is 5.75 Å². The van der Waals surface area contributed by atoms with Crippen molar-refractivity contribution < 1.29 is 9.66 Å². The Hall–Kier alpha value is -2.74. The number of nitrogens with zero attached hydrogens (tertiary/aromatic N) is 3. The van der Waals surface area contributed by atoms with Gasteiger partial charge in [-0.3, -0.25) is 19.8 Å². The zero-order chi connectivity index (χ0) is 17.3. The zero-order valence-electron chi connectivity index (χ0n) is 13.5. The smallest absolute Gasteiger partial charge is 0.270 e. The van der Waals surface area contributed by atoms with Gasteiger partial charge in [0.15, 0.2) is 0 Å². The highest BCUT2D eigenvalue weighted by Gasteiger charge is 2.22. The van der Waals surface area contributed by atoms with Crippen LogP contribution in [0.25, 0.3) is 0 Å². The molecular formula is C16H18N4O4. The van der Waals surface area contributed by atoms with Crippen molar-refractivity contribution in [2.45, 2.75) is 26.4 Å². The number of benzene rings is 1. The zero-order valence-corrected chi connectivity index (χ0v) is 13.5. The molecule has 0 radical (unpaired) electrons. The number of methoxy groups -OCH3 is 1. The first-order valence-corrected chi connectivity index (χ1v) is 7.60. The Balaban J connectivity index is 1.86. The molecule has 0 spiro atoms. The van der Waals surface area contributed by atoms with Gasteiger partial charge in [-0.05, 0) is 19.4 Å². The van der Waals surface area contributed by atoms with Crippen molar-refractivity contribution in [2.75, 3.05) is 13.7 Å². The lowest BCUT2D eigenvalue weighted by molar-refractivity contribution is -0.385. The van der Waals surface area contributed by atoms with Gasteiger partial charge in [0.2, 0.25) is 0 Å². The van der Waals surface area contributed by atoms with E-state index in [0.29, 0.717) is 37.6 Å². The third-order valence-corrected chi connectivity index (χ3v) is 4.14. The maximum atomic E-state index is 12.0.